The molecular weight excluding hydrogens is 414 g/mol. The third-order valence-corrected chi connectivity index (χ3v) is 5.75. The summed E-state index contributed by atoms with van der Waals surface area (Å²) in [7, 11) is 0. The van der Waals surface area contributed by atoms with Gasteiger partial charge in [-0.2, -0.15) is 5.26 Å². The Morgan fingerprint density at radius 1 is 1.18 bits per heavy atom. The van der Waals surface area contributed by atoms with Crippen LogP contribution in [0.2, 0.25) is 0 Å². The third-order valence-electron chi connectivity index (χ3n) is 5.75. The molecule has 1 N–H and O–H groups in total. The van der Waals surface area contributed by atoms with Crippen LogP contribution in [0, 0.1) is 16.7 Å². The van der Waals surface area contributed by atoms with E-state index in [0.717, 1.165) is 16.7 Å². The van der Waals surface area contributed by atoms with Crippen molar-refractivity contribution in [2.75, 3.05) is 16.8 Å². The zero-order valence-corrected chi connectivity index (χ0v) is 18.1. The van der Waals surface area contributed by atoms with Gasteiger partial charge in [0.2, 0.25) is 11.8 Å². The number of pyridine rings is 2. The van der Waals surface area contributed by atoms with Crippen LogP contribution >= 0.6 is 0 Å². The van der Waals surface area contributed by atoms with Gasteiger partial charge in [-0.15, -0.1) is 6.58 Å². The highest BCUT2D eigenvalue weighted by atomic mass is 16.2. The number of nitrogens with zero attached hydrogens (tertiary/aromatic N) is 4. The maximum absolute atomic E-state index is 12.9. The van der Waals surface area contributed by atoms with Gasteiger partial charge >= 0.3 is 0 Å². The Morgan fingerprint density at radius 2 is 2.00 bits per heavy atom. The van der Waals surface area contributed by atoms with Gasteiger partial charge in [-0.25, -0.2) is 4.98 Å². The molecule has 0 spiro atoms. The molecule has 0 bridgehead atoms. The van der Waals surface area contributed by atoms with Crippen molar-refractivity contribution in [3.8, 4) is 17.2 Å². The first kappa shape index (κ1) is 21.9. The van der Waals surface area contributed by atoms with Crippen LogP contribution in [-0.2, 0) is 16.0 Å². The van der Waals surface area contributed by atoms with Crippen molar-refractivity contribution in [3.63, 3.8) is 0 Å². The van der Waals surface area contributed by atoms with Gasteiger partial charge in [-0.1, -0.05) is 30.3 Å². The van der Waals surface area contributed by atoms with Crippen LogP contribution in [0.3, 0.4) is 0 Å². The number of hydrogen-bond donors (Lipinski definition) is 1. The molecule has 4 rings (SSSR count). The molecule has 3 aromatic rings. The number of amides is 2. The number of hydrogen-bond acceptors (Lipinski definition) is 5. The monoisotopic (exact) mass is 437 g/mol. The second-order valence-electron chi connectivity index (χ2n) is 7.95. The Balaban J connectivity index is 1.45. The quantitative estimate of drug-likeness (QED) is 0.560. The Morgan fingerprint density at radius 3 is 2.76 bits per heavy atom. The number of nitriles is 1. The van der Waals surface area contributed by atoms with Crippen LogP contribution in [-0.4, -0.2) is 28.3 Å². The molecule has 1 atom stereocenters. The normalized spacial score (nSPS) is 17.4. The number of benzene rings is 1. The first-order valence-electron chi connectivity index (χ1n) is 10.6. The molecule has 0 aliphatic carbocycles. The van der Waals surface area contributed by atoms with Crippen LogP contribution in [0.25, 0.3) is 11.1 Å². The number of allylic oxidation sites excluding steroid dienone is 1. The lowest BCUT2D eigenvalue weighted by Gasteiger charge is -2.20. The van der Waals surface area contributed by atoms with Crippen molar-refractivity contribution in [2.45, 2.75) is 19.3 Å². The highest BCUT2D eigenvalue weighted by Gasteiger charge is 2.46. The van der Waals surface area contributed by atoms with E-state index in [4.69, 9.17) is 0 Å². The summed E-state index contributed by atoms with van der Waals surface area (Å²) in [6, 6.07) is 17.1. The standard InChI is InChI=1S/C26H23N5O2/c1-2-9-26(18-27)10-14-31(25(26)33)22-8-13-29-23(17-22)30-24(32)16-19-4-3-5-21(15-19)20-6-11-28-12-7-20/h2-8,11-13,15,17H,1,9-10,14,16H2,(H,29,30,32)/t26-/m1/s1. The molecule has 1 saturated heterocycles. The van der Waals surface area contributed by atoms with E-state index in [1.54, 1.807) is 41.7 Å². The number of anilines is 2. The van der Waals surface area contributed by atoms with E-state index >= 15 is 0 Å². The number of nitrogens with one attached hydrogen (secondary N) is 1. The molecule has 33 heavy (non-hydrogen) atoms. The molecular formula is C26H23N5O2. The van der Waals surface area contributed by atoms with E-state index in [1.807, 2.05) is 36.4 Å². The first-order chi connectivity index (χ1) is 16.0. The number of carbonyl (C=O) groups excluding carboxylic acids is 2. The summed E-state index contributed by atoms with van der Waals surface area (Å²) in [5.74, 6) is -0.104. The maximum atomic E-state index is 12.9. The van der Waals surface area contributed by atoms with Crippen LogP contribution < -0.4 is 10.2 Å². The summed E-state index contributed by atoms with van der Waals surface area (Å²) in [5.41, 5.74) is 2.44. The van der Waals surface area contributed by atoms with Gasteiger partial charge < -0.3 is 10.2 Å². The van der Waals surface area contributed by atoms with E-state index in [0.29, 0.717) is 30.9 Å². The summed E-state index contributed by atoms with van der Waals surface area (Å²) in [4.78, 5) is 35.4. The van der Waals surface area contributed by atoms with Crippen molar-refractivity contribution in [2.24, 2.45) is 5.41 Å². The topological polar surface area (TPSA) is 99.0 Å². The van der Waals surface area contributed by atoms with Crippen molar-refractivity contribution >= 4 is 23.3 Å². The second-order valence-corrected chi connectivity index (χ2v) is 7.95. The molecule has 7 nitrogen and oxygen atoms in total. The van der Waals surface area contributed by atoms with Crippen molar-refractivity contribution in [1.82, 2.24) is 9.97 Å². The molecule has 2 aromatic heterocycles. The third kappa shape index (κ3) is 4.65. The summed E-state index contributed by atoms with van der Waals surface area (Å²) in [5, 5.41) is 12.4. The van der Waals surface area contributed by atoms with Gasteiger partial charge in [-0.05, 0) is 47.7 Å². The lowest BCUT2D eigenvalue weighted by Crippen LogP contribution is -2.33. The molecule has 164 valence electrons. The van der Waals surface area contributed by atoms with Crippen LogP contribution in [0.1, 0.15) is 18.4 Å². The van der Waals surface area contributed by atoms with Crippen LogP contribution in [0.5, 0.6) is 0 Å². The molecule has 1 aromatic carbocycles. The summed E-state index contributed by atoms with van der Waals surface area (Å²) in [6.45, 7) is 4.10. The van der Waals surface area contributed by atoms with Gasteiger partial charge in [0.25, 0.3) is 0 Å². The van der Waals surface area contributed by atoms with Gasteiger partial charge in [-0.3, -0.25) is 14.6 Å². The lowest BCUT2D eigenvalue weighted by atomic mass is 9.84. The van der Waals surface area contributed by atoms with Crippen molar-refractivity contribution in [1.29, 1.82) is 5.26 Å². The fourth-order valence-corrected chi connectivity index (χ4v) is 4.03. The molecule has 0 radical (unpaired) electrons. The van der Waals surface area contributed by atoms with E-state index < -0.39 is 5.41 Å². The van der Waals surface area contributed by atoms with E-state index in [2.05, 4.69) is 27.9 Å². The Labute approximate surface area is 192 Å². The second kappa shape index (κ2) is 9.45. The van der Waals surface area contributed by atoms with E-state index in [1.165, 1.54) is 0 Å². The van der Waals surface area contributed by atoms with E-state index in [9.17, 15) is 14.9 Å². The maximum Gasteiger partial charge on any atom is 0.247 e. The fourth-order valence-electron chi connectivity index (χ4n) is 4.03. The summed E-state index contributed by atoms with van der Waals surface area (Å²) >= 11 is 0. The molecule has 0 unspecified atom stereocenters. The highest BCUT2D eigenvalue weighted by molar-refractivity contribution is 6.02. The zero-order chi connectivity index (χ0) is 23.3. The fraction of sp³-hybridized carbons (Fsp3) is 0.192. The Bertz CT molecular complexity index is 1230. The minimum absolute atomic E-state index is 0.185. The average molecular weight is 438 g/mol. The SMILES string of the molecule is C=CC[C@]1(C#N)CCN(c2ccnc(NC(=O)Cc3cccc(-c4ccncc4)c3)c2)C1=O. The van der Waals surface area contributed by atoms with Gasteiger partial charge in [0, 0.05) is 36.9 Å². The molecule has 1 aliphatic rings. The minimum atomic E-state index is -1.08. The average Bonchev–Trinajstić information content (AvgIpc) is 3.16. The zero-order valence-electron chi connectivity index (χ0n) is 18.1. The number of rotatable bonds is 7. The van der Waals surface area contributed by atoms with Crippen LogP contribution in [0.15, 0.2) is 79.8 Å². The summed E-state index contributed by atoms with van der Waals surface area (Å²) in [6.07, 6.45) is 7.55. The van der Waals surface area contributed by atoms with E-state index in [-0.39, 0.29) is 18.2 Å². The predicted octanol–water partition coefficient (Wildman–Crippen LogP) is 4.15. The van der Waals surface area contributed by atoms with Gasteiger partial charge in [0.15, 0.2) is 0 Å². The molecule has 1 fully saturated rings. The van der Waals surface area contributed by atoms with Crippen molar-refractivity contribution in [3.05, 3.63) is 85.3 Å². The molecule has 3 heterocycles. The summed E-state index contributed by atoms with van der Waals surface area (Å²) < 4.78 is 0. The Kier molecular flexibility index (Phi) is 6.27. The Hall–Kier alpha value is -4.31. The van der Waals surface area contributed by atoms with Crippen LogP contribution in [0.4, 0.5) is 11.5 Å². The van der Waals surface area contributed by atoms with Gasteiger partial charge in [0.05, 0.1) is 12.5 Å². The molecule has 1 aliphatic heterocycles. The van der Waals surface area contributed by atoms with Gasteiger partial charge in [0.1, 0.15) is 11.2 Å². The molecule has 2 amide bonds. The largest absolute Gasteiger partial charge is 0.311 e. The first-order valence-corrected chi connectivity index (χ1v) is 10.6. The molecule has 0 saturated carbocycles. The molecule has 7 heteroatoms. The predicted molar refractivity (Wildman–Crippen MR) is 126 cm³/mol. The highest BCUT2D eigenvalue weighted by Crippen LogP contribution is 2.38. The number of carbonyl (C=O) groups is 2. The lowest BCUT2D eigenvalue weighted by molar-refractivity contribution is -0.123. The smallest absolute Gasteiger partial charge is 0.247 e. The minimum Gasteiger partial charge on any atom is -0.311 e. The number of aromatic nitrogens is 2. The van der Waals surface area contributed by atoms with Crippen molar-refractivity contribution < 1.29 is 9.59 Å².